The molecule has 1 N–H and O–H groups in total. The van der Waals surface area contributed by atoms with Crippen LogP contribution in [0.25, 0.3) is 0 Å². The summed E-state index contributed by atoms with van der Waals surface area (Å²) in [7, 11) is -4.83. The van der Waals surface area contributed by atoms with Gasteiger partial charge in [0.15, 0.2) is 9.84 Å². The van der Waals surface area contributed by atoms with Gasteiger partial charge >= 0.3 is 18.4 Å². The third-order valence-electron chi connectivity index (χ3n) is 11.6. The minimum Gasteiger partial charge on any atom is -0.349 e. The molecule has 0 radical (unpaired) electrons. The van der Waals surface area contributed by atoms with Gasteiger partial charge in [-0.3, -0.25) is 0 Å². The molecule has 0 saturated carbocycles. The third kappa shape index (κ3) is 10.8. The van der Waals surface area contributed by atoms with Crippen LogP contribution < -0.4 is 21.2 Å². The summed E-state index contributed by atoms with van der Waals surface area (Å²) in [6.07, 6.45) is -12.4. The second kappa shape index (κ2) is 21.2. The summed E-state index contributed by atoms with van der Waals surface area (Å²) in [5, 5.41) is 5.83. The number of piperazine rings is 1. The molecule has 2 heterocycles. The van der Waals surface area contributed by atoms with Crippen LogP contribution in [-0.2, 0) is 26.8 Å². The van der Waals surface area contributed by atoms with E-state index in [4.69, 9.17) is 0 Å². The van der Waals surface area contributed by atoms with Gasteiger partial charge in [-0.15, -0.1) is 0 Å². The SMILES string of the molecule is O=C(N1CCNCC1)N1C[C@@H](S(=O)(=O)c2ccc(F)c(Br)c2)[C@H](c2ccc(C(OCc3c(F)cccc3F)(C(F)(F)F)C(F)(F)F)cc2)C1.c1ccc(P(c2ccccc2)c2ccccc2)cc1. The molecule has 2 fully saturated rings. The molecule has 2 amide bonds. The predicted octanol–water partition coefficient (Wildman–Crippen LogP) is 10.1. The average Bonchev–Trinajstić information content (AvgIpc) is 3.78. The van der Waals surface area contributed by atoms with Crippen LogP contribution in [0.5, 0.6) is 0 Å². The van der Waals surface area contributed by atoms with E-state index in [1.807, 2.05) is 0 Å². The molecule has 6 aromatic rings. The number of sulfone groups is 1. The lowest BCUT2D eigenvalue weighted by Gasteiger charge is -2.37. The first-order chi connectivity index (χ1) is 32.3. The molecule has 2 atom stereocenters. The number of alkyl halides is 6. The van der Waals surface area contributed by atoms with Crippen molar-refractivity contribution in [1.29, 1.82) is 0 Å². The Morgan fingerprint density at radius 1 is 0.647 bits per heavy atom. The van der Waals surface area contributed by atoms with E-state index in [-0.39, 0.29) is 28.0 Å². The fourth-order valence-electron chi connectivity index (χ4n) is 8.18. The summed E-state index contributed by atoms with van der Waals surface area (Å²) in [6, 6.07) is 39.5. The number of hydrogen-bond acceptors (Lipinski definition) is 5. The van der Waals surface area contributed by atoms with Gasteiger partial charge in [0.2, 0.25) is 0 Å². The Morgan fingerprint density at radius 3 is 1.62 bits per heavy atom. The Hall–Kier alpha value is -5.26. The highest BCUT2D eigenvalue weighted by molar-refractivity contribution is 9.10. The summed E-state index contributed by atoms with van der Waals surface area (Å²) >= 11 is 2.93. The first-order valence-electron chi connectivity index (χ1n) is 21.0. The van der Waals surface area contributed by atoms with Gasteiger partial charge in [0, 0.05) is 56.3 Å². The number of likely N-dealkylation sites (tertiary alicyclic amines) is 1. The number of carbonyl (C=O) groups excluding carboxylic acids is 1. The molecule has 0 aromatic heterocycles. The Bertz CT molecular complexity index is 2640. The van der Waals surface area contributed by atoms with Crippen LogP contribution in [-0.4, -0.2) is 81.1 Å². The van der Waals surface area contributed by atoms with E-state index in [2.05, 4.69) is 117 Å². The molecule has 2 saturated heterocycles. The van der Waals surface area contributed by atoms with Gasteiger partial charge < -0.3 is 19.9 Å². The van der Waals surface area contributed by atoms with Crippen molar-refractivity contribution in [3.05, 3.63) is 190 Å². The highest BCUT2D eigenvalue weighted by Crippen LogP contribution is 2.54. The number of carbonyl (C=O) groups is 1. The maximum Gasteiger partial charge on any atom is 0.430 e. The average molecular weight is 1050 g/mol. The van der Waals surface area contributed by atoms with E-state index in [0.29, 0.717) is 50.4 Å². The highest BCUT2D eigenvalue weighted by atomic mass is 79.9. The molecule has 0 aliphatic carbocycles. The first-order valence-corrected chi connectivity index (χ1v) is 24.7. The lowest BCUT2D eigenvalue weighted by atomic mass is 9.88. The number of nitrogens with one attached hydrogen (secondary N) is 1. The molecule has 0 bridgehead atoms. The number of urea groups is 1. The summed E-state index contributed by atoms with van der Waals surface area (Å²) < 4.78 is 161. The minimum absolute atomic E-state index is 0.0208. The van der Waals surface area contributed by atoms with Crippen molar-refractivity contribution in [2.75, 3.05) is 39.3 Å². The number of halogens is 10. The van der Waals surface area contributed by atoms with Gasteiger partial charge in [0.1, 0.15) is 17.5 Å². The molecule has 0 unspecified atom stereocenters. The molecule has 2 aliphatic rings. The molecule has 2 aliphatic heterocycles. The van der Waals surface area contributed by atoms with Gasteiger partial charge in [0.25, 0.3) is 5.60 Å². The lowest BCUT2D eigenvalue weighted by molar-refractivity contribution is -0.392. The monoisotopic (exact) mass is 1050 g/mol. The Kier molecular flexibility index (Phi) is 15.8. The van der Waals surface area contributed by atoms with Crippen LogP contribution in [0.15, 0.2) is 161 Å². The summed E-state index contributed by atoms with van der Waals surface area (Å²) in [5.41, 5.74) is -7.70. The van der Waals surface area contributed by atoms with Crippen molar-refractivity contribution < 1.29 is 57.5 Å². The molecule has 358 valence electrons. The zero-order valence-corrected chi connectivity index (χ0v) is 39.0. The van der Waals surface area contributed by atoms with Gasteiger partial charge in [-0.25, -0.2) is 26.4 Å². The van der Waals surface area contributed by atoms with Crippen LogP contribution in [0.2, 0.25) is 0 Å². The Balaban J connectivity index is 0.000000298. The maximum atomic E-state index is 14.5. The molecule has 19 heteroatoms. The predicted molar refractivity (Wildman–Crippen MR) is 246 cm³/mol. The Labute approximate surface area is 396 Å². The summed E-state index contributed by atoms with van der Waals surface area (Å²) in [4.78, 5) is 15.8. The van der Waals surface area contributed by atoms with Crippen LogP contribution in [0, 0.1) is 17.5 Å². The van der Waals surface area contributed by atoms with E-state index >= 15 is 0 Å². The normalized spacial score (nSPS) is 16.9. The van der Waals surface area contributed by atoms with E-state index in [0.717, 1.165) is 36.4 Å². The molecule has 0 spiro atoms. The van der Waals surface area contributed by atoms with E-state index in [9.17, 15) is 52.7 Å². The van der Waals surface area contributed by atoms with E-state index < -0.39 is 88.1 Å². The second-order valence-electron chi connectivity index (χ2n) is 15.8. The molecule has 6 aromatic carbocycles. The number of nitrogens with zero attached hydrogens (tertiary/aromatic N) is 2. The maximum absolute atomic E-state index is 14.5. The zero-order valence-electron chi connectivity index (χ0n) is 35.7. The number of amides is 2. The van der Waals surface area contributed by atoms with Crippen molar-refractivity contribution in [3.63, 3.8) is 0 Å². The van der Waals surface area contributed by atoms with Crippen LogP contribution in [0.1, 0.15) is 22.6 Å². The highest BCUT2D eigenvalue weighted by Gasteiger charge is 2.73. The van der Waals surface area contributed by atoms with Gasteiger partial charge in [-0.05, 0) is 75.7 Å². The quantitative estimate of drug-likeness (QED) is 0.0841. The number of hydrogen-bond donors (Lipinski definition) is 1. The molecular weight excluding hydrogens is 1010 g/mol. The van der Waals surface area contributed by atoms with Crippen molar-refractivity contribution in [3.8, 4) is 0 Å². The van der Waals surface area contributed by atoms with Crippen LogP contribution in [0.3, 0.4) is 0 Å². The van der Waals surface area contributed by atoms with Gasteiger partial charge in [0.05, 0.1) is 21.2 Å². The molecule has 7 nitrogen and oxygen atoms in total. The van der Waals surface area contributed by atoms with E-state index in [1.165, 1.54) is 25.7 Å². The molecule has 8 rings (SSSR count). The largest absolute Gasteiger partial charge is 0.430 e. The van der Waals surface area contributed by atoms with E-state index in [1.54, 1.807) is 0 Å². The van der Waals surface area contributed by atoms with Crippen molar-refractivity contribution in [2.24, 2.45) is 0 Å². The fraction of sp³-hybridized carbons (Fsp3) is 0.245. The lowest BCUT2D eigenvalue weighted by Crippen LogP contribution is -2.55. The first kappa shape index (κ1) is 50.6. The number of ether oxygens (including phenoxy) is 1. The number of rotatable bonds is 10. The zero-order chi connectivity index (χ0) is 48.9. The topological polar surface area (TPSA) is 79.0 Å². The third-order valence-corrected chi connectivity index (χ3v) is 16.9. The van der Waals surface area contributed by atoms with Crippen LogP contribution in [0.4, 0.5) is 44.3 Å². The fourth-order valence-corrected chi connectivity index (χ4v) is 13.0. The standard InChI is InChI=1S/C31H27BrF9N3O4S.C18H15P/c32-23-14-20(8-9-26(23)35)49(46,47)27-16-44(28(45)43-12-10-42-11-13-43)15-21(27)18-4-6-19(7-5-18)29(30(36,37)38,31(39,40)41)48-17-22-24(33)2-1-3-25(22)34;1-4-10-16(11-5-1)19(17-12-6-2-7-13-17)18-14-8-3-9-15-18/h1-9,14,21,27,42H,10-13,15-17H2;1-15H/t21-,27+;/m0./s1. The van der Waals surface area contributed by atoms with Gasteiger partial charge in [-0.1, -0.05) is 121 Å². The van der Waals surface area contributed by atoms with Gasteiger partial charge in [-0.2, -0.15) is 26.3 Å². The smallest absolute Gasteiger partial charge is 0.349 e. The van der Waals surface area contributed by atoms with Crippen molar-refractivity contribution >= 4 is 55.6 Å². The Morgan fingerprint density at radius 2 is 1.15 bits per heavy atom. The second-order valence-corrected chi connectivity index (χ2v) is 21.1. The summed E-state index contributed by atoms with van der Waals surface area (Å²) in [5.74, 6) is -4.74. The minimum atomic E-state index is -6.18. The van der Waals surface area contributed by atoms with Crippen molar-refractivity contribution in [2.45, 2.75) is 40.6 Å². The number of benzene rings is 6. The van der Waals surface area contributed by atoms with Crippen LogP contribution >= 0.6 is 23.9 Å². The molecule has 68 heavy (non-hydrogen) atoms. The summed E-state index contributed by atoms with van der Waals surface area (Å²) in [6.45, 7) is -0.808. The molecular formula is C49H42BrF9N3O4PS. The van der Waals surface area contributed by atoms with Crippen molar-refractivity contribution in [1.82, 2.24) is 15.1 Å².